The van der Waals surface area contributed by atoms with Crippen molar-refractivity contribution in [1.82, 2.24) is 9.97 Å². The molecule has 36 heavy (non-hydrogen) atoms. The molecule has 0 bridgehead atoms. The number of alkyl halides is 2. The highest BCUT2D eigenvalue weighted by Crippen LogP contribution is 2.54. The lowest BCUT2D eigenvalue weighted by Crippen LogP contribution is -2.39. The number of nitrogens with zero attached hydrogens (tertiary/aromatic N) is 4. The van der Waals surface area contributed by atoms with Crippen molar-refractivity contribution in [3.05, 3.63) is 35.7 Å². The molecule has 194 valence electrons. The van der Waals surface area contributed by atoms with E-state index in [1.807, 2.05) is 28.9 Å². The van der Waals surface area contributed by atoms with E-state index in [1.165, 1.54) is 19.0 Å². The lowest BCUT2D eigenvalue weighted by molar-refractivity contribution is -0.0220. The minimum absolute atomic E-state index is 0.105. The predicted molar refractivity (Wildman–Crippen MR) is 135 cm³/mol. The number of amides is 1. The molecular weight excluding hydrogens is 490 g/mol. The van der Waals surface area contributed by atoms with Crippen LogP contribution in [-0.2, 0) is 11.3 Å². The van der Waals surface area contributed by atoms with Gasteiger partial charge in [-0.3, -0.25) is 14.1 Å². The molecule has 3 heterocycles. The fourth-order valence-electron chi connectivity index (χ4n) is 5.07. The van der Waals surface area contributed by atoms with E-state index in [-0.39, 0.29) is 37.4 Å². The highest BCUT2D eigenvalue weighted by Gasteiger charge is 2.45. The Kier molecular flexibility index (Phi) is 6.58. The van der Waals surface area contributed by atoms with E-state index in [9.17, 15) is 22.3 Å². The van der Waals surface area contributed by atoms with Crippen LogP contribution in [0.3, 0.4) is 0 Å². The minimum Gasteiger partial charge on any atom is -0.371 e. The summed E-state index contributed by atoms with van der Waals surface area (Å²) in [7, 11) is 0. The van der Waals surface area contributed by atoms with Crippen LogP contribution in [0.2, 0.25) is 0 Å². The number of halogens is 2. The number of carbonyl (C=O) groups is 1. The summed E-state index contributed by atoms with van der Waals surface area (Å²) in [4.78, 5) is 26.0. The molecular formula is C24H30F2N6O3S. The molecule has 1 aliphatic carbocycles. The van der Waals surface area contributed by atoms with Gasteiger partial charge in [0.1, 0.15) is 0 Å². The van der Waals surface area contributed by atoms with Gasteiger partial charge in [-0.1, -0.05) is 0 Å². The Balaban J connectivity index is 1.37. The Morgan fingerprint density at radius 1 is 1.03 bits per heavy atom. The predicted octanol–water partition coefficient (Wildman–Crippen LogP) is 4.20. The molecule has 3 fully saturated rings. The number of aryl methyl sites for hydroxylation is 1. The van der Waals surface area contributed by atoms with E-state index in [4.69, 9.17) is 0 Å². The van der Waals surface area contributed by atoms with E-state index < -0.39 is 23.1 Å². The largest absolute Gasteiger partial charge is 0.371 e. The highest BCUT2D eigenvalue weighted by atomic mass is 32.2. The van der Waals surface area contributed by atoms with Crippen molar-refractivity contribution in [3.8, 4) is 0 Å². The lowest BCUT2D eigenvalue weighted by Gasteiger charge is -2.34. The summed E-state index contributed by atoms with van der Waals surface area (Å²) in [5, 5.41) is 2.89. The summed E-state index contributed by atoms with van der Waals surface area (Å²) >= 11 is -2.32. The molecule has 3 aliphatic rings. The molecule has 1 aromatic carbocycles. The summed E-state index contributed by atoms with van der Waals surface area (Å²) in [6, 6.07) is 5.51. The summed E-state index contributed by atoms with van der Waals surface area (Å²) in [6.45, 7) is 3.84. The Labute approximate surface area is 211 Å². The number of hydrogen-bond acceptors (Lipinski definition) is 6. The van der Waals surface area contributed by atoms with E-state index in [2.05, 4.69) is 20.0 Å². The first kappa shape index (κ1) is 24.8. The molecule has 1 unspecified atom stereocenters. The smallest absolute Gasteiger partial charge is 0.278 e. The molecule has 2 aliphatic heterocycles. The number of hydrogen-bond donors (Lipinski definition) is 3. The molecule has 1 atom stereocenters. The Hall–Kier alpha value is -2.86. The summed E-state index contributed by atoms with van der Waals surface area (Å²) < 4.78 is 50.0. The SMILES string of the molecule is Cc1cc(NC(=O)c2ncc(NS(=O)O)nc2N2CCC3(CC2)CC3)cc(N2CCC(F)(F)CC2)c1. The first-order valence-corrected chi connectivity index (χ1v) is 13.3. The third-order valence-corrected chi connectivity index (χ3v) is 7.81. The van der Waals surface area contributed by atoms with Crippen LogP contribution in [0.25, 0.3) is 0 Å². The van der Waals surface area contributed by atoms with Crippen LogP contribution in [0, 0.1) is 12.3 Å². The Morgan fingerprint density at radius 3 is 2.33 bits per heavy atom. The van der Waals surface area contributed by atoms with Gasteiger partial charge in [0.15, 0.2) is 17.3 Å². The van der Waals surface area contributed by atoms with Gasteiger partial charge in [0.2, 0.25) is 0 Å². The Bertz CT molecular complexity index is 1170. The van der Waals surface area contributed by atoms with Gasteiger partial charge in [-0.05, 0) is 61.8 Å². The second-order valence-electron chi connectivity index (χ2n) is 10.1. The zero-order valence-corrected chi connectivity index (χ0v) is 20.9. The fourth-order valence-corrected chi connectivity index (χ4v) is 5.35. The maximum Gasteiger partial charge on any atom is 0.278 e. The zero-order chi connectivity index (χ0) is 25.5. The molecule has 5 rings (SSSR count). The van der Waals surface area contributed by atoms with Crippen LogP contribution in [0.4, 0.5) is 31.8 Å². The normalized spacial score (nSPS) is 21.2. The first-order valence-electron chi connectivity index (χ1n) is 12.2. The zero-order valence-electron chi connectivity index (χ0n) is 20.1. The van der Waals surface area contributed by atoms with E-state index >= 15 is 0 Å². The molecule has 3 N–H and O–H groups in total. The molecule has 12 heteroatoms. The third-order valence-electron chi connectivity index (χ3n) is 7.42. The molecule has 2 aromatic rings. The van der Waals surface area contributed by atoms with Gasteiger partial charge in [0.05, 0.1) is 6.20 Å². The van der Waals surface area contributed by atoms with Crippen LogP contribution in [-0.4, -0.2) is 56.7 Å². The van der Waals surface area contributed by atoms with Gasteiger partial charge in [-0.2, -0.15) is 0 Å². The van der Waals surface area contributed by atoms with Crippen LogP contribution >= 0.6 is 0 Å². The van der Waals surface area contributed by atoms with Crippen molar-refractivity contribution in [1.29, 1.82) is 0 Å². The Morgan fingerprint density at radius 2 is 1.69 bits per heavy atom. The van der Waals surface area contributed by atoms with E-state index in [0.29, 0.717) is 16.9 Å². The van der Waals surface area contributed by atoms with Crippen molar-refractivity contribution in [2.45, 2.75) is 51.4 Å². The summed E-state index contributed by atoms with van der Waals surface area (Å²) in [6.07, 6.45) is 5.35. The van der Waals surface area contributed by atoms with Gasteiger partial charge in [0.25, 0.3) is 23.1 Å². The maximum atomic E-state index is 13.6. The average Bonchev–Trinajstić information content (AvgIpc) is 3.57. The third kappa shape index (κ3) is 5.59. The van der Waals surface area contributed by atoms with Crippen molar-refractivity contribution in [3.63, 3.8) is 0 Å². The number of anilines is 4. The van der Waals surface area contributed by atoms with Crippen LogP contribution in [0.1, 0.15) is 54.6 Å². The van der Waals surface area contributed by atoms with Crippen LogP contribution in [0.5, 0.6) is 0 Å². The molecule has 1 saturated carbocycles. The van der Waals surface area contributed by atoms with Crippen LogP contribution < -0.4 is 19.8 Å². The van der Waals surface area contributed by atoms with E-state index in [1.54, 1.807) is 6.07 Å². The van der Waals surface area contributed by atoms with Gasteiger partial charge in [-0.15, -0.1) is 0 Å². The molecule has 1 amide bonds. The van der Waals surface area contributed by atoms with Gasteiger partial charge in [0, 0.05) is 50.4 Å². The quantitative estimate of drug-likeness (QED) is 0.490. The maximum absolute atomic E-state index is 13.6. The van der Waals surface area contributed by atoms with Crippen molar-refractivity contribution >= 4 is 40.2 Å². The lowest BCUT2D eigenvalue weighted by atomic mass is 9.93. The fraction of sp³-hybridized carbons (Fsp3) is 0.542. The van der Waals surface area contributed by atoms with Gasteiger partial charge >= 0.3 is 0 Å². The second kappa shape index (κ2) is 9.55. The number of piperidine rings is 2. The molecule has 0 radical (unpaired) electrons. The second-order valence-corrected chi connectivity index (χ2v) is 10.8. The number of nitrogens with one attached hydrogen (secondary N) is 2. The topological polar surface area (TPSA) is 111 Å². The molecule has 9 nitrogen and oxygen atoms in total. The number of carbonyl (C=O) groups excluding carboxylic acids is 1. The molecule has 1 spiro atoms. The van der Waals surface area contributed by atoms with Crippen molar-refractivity contribution in [2.75, 3.05) is 46.0 Å². The average molecular weight is 521 g/mol. The summed E-state index contributed by atoms with van der Waals surface area (Å²) in [5.74, 6) is -2.62. The number of rotatable bonds is 6. The minimum atomic E-state index is -2.64. The van der Waals surface area contributed by atoms with E-state index in [0.717, 1.165) is 37.2 Å². The molecule has 1 aromatic heterocycles. The van der Waals surface area contributed by atoms with Gasteiger partial charge in [-0.25, -0.2) is 23.0 Å². The van der Waals surface area contributed by atoms with Crippen molar-refractivity contribution < 1.29 is 22.3 Å². The highest BCUT2D eigenvalue weighted by molar-refractivity contribution is 7.80. The monoisotopic (exact) mass is 520 g/mol. The first-order chi connectivity index (χ1) is 17.1. The van der Waals surface area contributed by atoms with Crippen LogP contribution in [0.15, 0.2) is 24.4 Å². The number of aromatic nitrogens is 2. The number of benzene rings is 1. The van der Waals surface area contributed by atoms with Gasteiger partial charge < -0.3 is 15.1 Å². The standard InChI is InChI=1S/C24H30F2N6O3S/c1-16-12-17(14-18(13-16)31-10-6-24(25,26)7-11-31)28-22(33)20-21(29-19(15-27-20)30-36(34)35)32-8-4-23(2-3-23)5-9-32/h12-15H,2-11H2,1H3,(H,28,33)(H,29,30)(H,34,35). The van der Waals surface area contributed by atoms with Crippen molar-refractivity contribution in [2.24, 2.45) is 5.41 Å². The summed E-state index contributed by atoms with van der Waals surface area (Å²) in [5.41, 5.74) is 2.75. The molecule has 2 saturated heterocycles.